The molecular weight excluding hydrogens is 464 g/mol. The molecule has 5 rings (SSSR count). The number of likely N-dealkylation sites (tertiary alicyclic amines) is 1. The topological polar surface area (TPSA) is 103 Å². The van der Waals surface area contributed by atoms with Crippen molar-refractivity contribution >= 4 is 22.8 Å². The second-order valence-electron chi connectivity index (χ2n) is 10.6. The molecule has 2 aromatic heterocycles. The number of aromatic nitrogens is 3. The van der Waals surface area contributed by atoms with Crippen LogP contribution in [0.3, 0.4) is 0 Å². The lowest BCUT2D eigenvalue weighted by Gasteiger charge is -2.35. The highest BCUT2D eigenvalue weighted by Crippen LogP contribution is 2.37. The first-order chi connectivity index (χ1) is 18.0. The molecule has 2 fully saturated rings. The van der Waals surface area contributed by atoms with Gasteiger partial charge in [-0.1, -0.05) is 49.6 Å². The summed E-state index contributed by atoms with van der Waals surface area (Å²) in [6.07, 6.45) is 7.18. The molecular formula is C29H38N6O2. The highest BCUT2D eigenvalue weighted by molar-refractivity contribution is 5.92. The summed E-state index contributed by atoms with van der Waals surface area (Å²) in [5.41, 5.74) is 4.64. The van der Waals surface area contributed by atoms with Gasteiger partial charge in [0, 0.05) is 17.8 Å². The van der Waals surface area contributed by atoms with Crippen LogP contribution in [-0.2, 0) is 9.59 Å². The molecule has 37 heavy (non-hydrogen) atoms. The fourth-order valence-electron chi connectivity index (χ4n) is 5.92. The van der Waals surface area contributed by atoms with Gasteiger partial charge < -0.3 is 20.5 Å². The Bertz CT molecular complexity index is 1250. The second kappa shape index (κ2) is 11.0. The van der Waals surface area contributed by atoms with E-state index in [-0.39, 0.29) is 29.8 Å². The van der Waals surface area contributed by atoms with Crippen molar-refractivity contribution in [3.05, 3.63) is 47.9 Å². The zero-order valence-corrected chi connectivity index (χ0v) is 22.1. The number of H-pyrrole nitrogens is 1. The van der Waals surface area contributed by atoms with E-state index in [0.29, 0.717) is 6.54 Å². The summed E-state index contributed by atoms with van der Waals surface area (Å²) in [7, 11) is 1.77. The van der Waals surface area contributed by atoms with Crippen molar-refractivity contribution < 1.29 is 9.59 Å². The van der Waals surface area contributed by atoms with E-state index in [0.717, 1.165) is 72.3 Å². The quantitative estimate of drug-likeness (QED) is 0.448. The van der Waals surface area contributed by atoms with Crippen molar-refractivity contribution in [2.24, 2.45) is 5.92 Å². The number of amides is 2. The van der Waals surface area contributed by atoms with Gasteiger partial charge in [-0.05, 0) is 58.6 Å². The molecule has 0 radical (unpaired) electrons. The van der Waals surface area contributed by atoms with E-state index in [2.05, 4.69) is 33.8 Å². The zero-order chi connectivity index (χ0) is 25.9. The Labute approximate surface area is 218 Å². The Morgan fingerprint density at radius 2 is 1.81 bits per heavy atom. The third-order valence-electron chi connectivity index (χ3n) is 8.06. The van der Waals surface area contributed by atoms with E-state index in [9.17, 15) is 9.59 Å². The molecule has 1 aromatic carbocycles. The number of fused-ring (bicyclic) bond motifs is 1. The molecule has 1 aliphatic carbocycles. The van der Waals surface area contributed by atoms with E-state index in [4.69, 9.17) is 9.97 Å². The number of nitrogens with zero attached hydrogens (tertiary/aromatic N) is 3. The lowest BCUT2D eigenvalue weighted by Crippen LogP contribution is -2.55. The summed E-state index contributed by atoms with van der Waals surface area (Å²) < 4.78 is 0. The number of carbonyl (C=O) groups is 2. The molecule has 3 atom stereocenters. The van der Waals surface area contributed by atoms with E-state index in [1.807, 2.05) is 36.9 Å². The molecule has 8 nitrogen and oxygen atoms in total. The van der Waals surface area contributed by atoms with Crippen LogP contribution in [0, 0.1) is 12.8 Å². The van der Waals surface area contributed by atoms with Crippen molar-refractivity contribution in [2.45, 2.75) is 76.9 Å². The molecule has 0 spiro atoms. The average Bonchev–Trinajstić information content (AvgIpc) is 3.58. The third-order valence-corrected chi connectivity index (χ3v) is 8.06. The highest BCUT2D eigenvalue weighted by atomic mass is 16.2. The van der Waals surface area contributed by atoms with Crippen LogP contribution in [0.5, 0.6) is 0 Å². The van der Waals surface area contributed by atoms with Crippen molar-refractivity contribution in [1.82, 2.24) is 30.5 Å². The Hall–Kier alpha value is -3.26. The molecule has 3 N–H and O–H groups in total. The number of aromatic amines is 1. The first kappa shape index (κ1) is 25.4. The molecule has 8 heteroatoms. The predicted molar refractivity (Wildman–Crippen MR) is 145 cm³/mol. The summed E-state index contributed by atoms with van der Waals surface area (Å²) in [5, 5.41) is 6.13. The van der Waals surface area contributed by atoms with Crippen LogP contribution >= 0.6 is 0 Å². The summed E-state index contributed by atoms with van der Waals surface area (Å²) in [5.74, 6) is 0.813. The van der Waals surface area contributed by atoms with Crippen LogP contribution in [0.1, 0.15) is 69.4 Å². The fraction of sp³-hybridized carbons (Fsp3) is 0.517. The van der Waals surface area contributed by atoms with E-state index in [1.54, 1.807) is 7.05 Å². The van der Waals surface area contributed by atoms with Gasteiger partial charge in [0.2, 0.25) is 11.8 Å². The number of benzene rings is 1. The molecule has 3 aromatic rings. The number of rotatable bonds is 7. The highest BCUT2D eigenvalue weighted by Gasteiger charge is 2.39. The van der Waals surface area contributed by atoms with Gasteiger partial charge in [0.05, 0.1) is 28.8 Å². The summed E-state index contributed by atoms with van der Waals surface area (Å²) in [6.45, 7) is 4.43. The van der Waals surface area contributed by atoms with Gasteiger partial charge in [-0.25, -0.2) is 9.97 Å². The number of carbonyl (C=O) groups excluding carboxylic acids is 2. The first-order valence-electron chi connectivity index (χ1n) is 13.7. The van der Waals surface area contributed by atoms with Crippen LogP contribution in [0.15, 0.2) is 36.4 Å². The van der Waals surface area contributed by atoms with Crippen molar-refractivity contribution in [2.75, 3.05) is 13.6 Å². The predicted octanol–water partition coefficient (Wildman–Crippen LogP) is 4.27. The van der Waals surface area contributed by atoms with Crippen LogP contribution < -0.4 is 10.6 Å². The van der Waals surface area contributed by atoms with Crippen LogP contribution in [0.2, 0.25) is 0 Å². The van der Waals surface area contributed by atoms with Crippen LogP contribution in [0.25, 0.3) is 22.3 Å². The summed E-state index contributed by atoms with van der Waals surface area (Å²) in [4.78, 5) is 41.9. The molecule has 2 amide bonds. The van der Waals surface area contributed by atoms with Gasteiger partial charge in [-0.2, -0.15) is 0 Å². The minimum atomic E-state index is -0.490. The molecule has 1 aliphatic heterocycles. The van der Waals surface area contributed by atoms with Crippen molar-refractivity contribution in [3.63, 3.8) is 0 Å². The molecule has 0 bridgehead atoms. The number of hydrogen-bond acceptors (Lipinski definition) is 5. The number of hydrogen-bond donors (Lipinski definition) is 3. The SMILES string of the molecule is CN[C@@H](C)C(=O)N[C@H](C(=O)N1CCC[C@H]1c1cc2nc(C)nc(-c3ccccc3)c2[nH]1)C1CCCCC1. The van der Waals surface area contributed by atoms with Crippen molar-refractivity contribution in [3.8, 4) is 11.3 Å². The van der Waals surface area contributed by atoms with Gasteiger partial charge in [0.1, 0.15) is 11.9 Å². The molecule has 2 aliphatic rings. The number of aryl methyl sites for hydroxylation is 1. The smallest absolute Gasteiger partial charge is 0.246 e. The van der Waals surface area contributed by atoms with E-state index in [1.165, 1.54) is 6.42 Å². The first-order valence-corrected chi connectivity index (χ1v) is 13.7. The minimum Gasteiger partial charge on any atom is -0.354 e. The van der Waals surface area contributed by atoms with E-state index < -0.39 is 6.04 Å². The van der Waals surface area contributed by atoms with E-state index >= 15 is 0 Å². The fourth-order valence-corrected chi connectivity index (χ4v) is 5.92. The van der Waals surface area contributed by atoms with Gasteiger partial charge in [0.15, 0.2) is 0 Å². The van der Waals surface area contributed by atoms with Crippen LogP contribution in [0.4, 0.5) is 0 Å². The lowest BCUT2D eigenvalue weighted by atomic mass is 9.83. The van der Waals surface area contributed by atoms with Crippen LogP contribution in [-0.4, -0.2) is 57.3 Å². The standard InChI is InChI=1S/C29H38N6O2/c1-18(30-3)28(36)34-26(21-13-8-5-9-14-21)29(37)35-16-10-15-24(35)22-17-23-27(33-22)25(32-19(2)31-23)20-11-6-4-7-12-20/h4,6-7,11-12,17-18,21,24,26,30,33H,5,8-10,13-16H2,1-3H3,(H,34,36)/t18-,24-,26-/m0/s1. The monoisotopic (exact) mass is 502 g/mol. The normalized spacial score (nSPS) is 20.2. The number of likely N-dealkylation sites (N-methyl/N-ethyl adjacent to an activating group) is 1. The second-order valence-corrected chi connectivity index (χ2v) is 10.6. The third kappa shape index (κ3) is 5.25. The van der Waals surface area contributed by atoms with Gasteiger partial charge in [0.25, 0.3) is 0 Å². The molecule has 0 unspecified atom stereocenters. The lowest BCUT2D eigenvalue weighted by molar-refractivity contribution is -0.139. The average molecular weight is 503 g/mol. The zero-order valence-electron chi connectivity index (χ0n) is 22.1. The maximum atomic E-state index is 14.1. The maximum absolute atomic E-state index is 14.1. The Balaban J connectivity index is 1.46. The van der Waals surface area contributed by atoms with Gasteiger partial charge in [-0.15, -0.1) is 0 Å². The summed E-state index contributed by atoms with van der Waals surface area (Å²) in [6, 6.07) is 11.3. The largest absolute Gasteiger partial charge is 0.354 e. The number of nitrogens with one attached hydrogen (secondary N) is 3. The van der Waals surface area contributed by atoms with Gasteiger partial charge in [-0.3, -0.25) is 9.59 Å². The molecule has 1 saturated carbocycles. The van der Waals surface area contributed by atoms with Crippen molar-refractivity contribution in [1.29, 1.82) is 0 Å². The molecule has 1 saturated heterocycles. The molecule has 3 heterocycles. The summed E-state index contributed by atoms with van der Waals surface area (Å²) >= 11 is 0. The Morgan fingerprint density at radius 3 is 2.54 bits per heavy atom. The van der Waals surface area contributed by atoms with Gasteiger partial charge >= 0.3 is 0 Å². The Kier molecular flexibility index (Phi) is 7.55. The Morgan fingerprint density at radius 1 is 1.05 bits per heavy atom. The molecule has 196 valence electrons. The maximum Gasteiger partial charge on any atom is 0.246 e. The minimum absolute atomic E-state index is 0.0373.